The standard InChI is InChI=1S/C14H24N2O4/c1-8-4-9(2)10(3)15(6-8)14(20)16-7-11(17)5-12(16)13(18)19/h8-12,17H,4-7H2,1-3H3,(H,18,19)/t8?,9?,10?,11-,12-/m1/s1. The van der Waals surface area contributed by atoms with E-state index in [1.54, 1.807) is 4.90 Å². The number of β-amino-alcohol motifs (C(OH)–C–C–N with tert-alkyl or cyclic N) is 1. The molecule has 6 heteroatoms. The van der Waals surface area contributed by atoms with Gasteiger partial charge < -0.3 is 20.0 Å². The van der Waals surface area contributed by atoms with E-state index in [9.17, 15) is 19.8 Å². The van der Waals surface area contributed by atoms with Gasteiger partial charge in [-0.3, -0.25) is 0 Å². The van der Waals surface area contributed by atoms with Gasteiger partial charge in [-0.1, -0.05) is 13.8 Å². The molecule has 114 valence electrons. The van der Waals surface area contributed by atoms with Crippen LogP contribution in [-0.4, -0.2) is 63.3 Å². The van der Waals surface area contributed by atoms with Gasteiger partial charge in [-0.25, -0.2) is 9.59 Å². The summed E-state index contributed by atoms with van der Waals surface area (Å²) < 4.78 is 0. The van der Waals surface area contributed by atoms with Gasteiger partial charge in [0.25, 0.3) is 0 Å². The van der Waals surface area contributed by atoms with Crippen molar-refractivity contribution in [2.45, 2.75) is 51.8 Å². The Balaban J connectivity index is 2.15. The third kappa shape index (κ3) is 2.75. The minimum atomic E-state index is -1.04. The molecule has 0 radical (unpaired) electrons. The summed E-state index contributed by atoms with van der Waals surface area (Å²) in [5, 5.41) is 18.9. The zero-order valence-corrected chi connectivity index (χ0v) is 12.3. The number of amides is 2. The quantitative estimate of drug-likeness (QED) is 0.752. The molecular formula is C14H24N2O4. The van der Waals surface area contributed by atoms with Crippen molar-refractivity contribution in [1.82, 2.24) is 9.80 Å². The van der Waals surface area contributed by atoms with Crippen LogP contribution < -0.4 is 0 Å². The second kappa shape index (κ2) is 5.60. The highest BCUT2D eigenvalue weighted by Crippen LogP contribution is 2.29. The molecule has 0 aromatic rings. The van der Waals surface area contributed by atoms with Crippen molar-refractivity contribution >= 4 is 12.0 Å². The van der Waals surface area contributed by atoms with Gasteiger partial charge in [-0.15, -0.1) is 0 Å². The summed E-state index contributed by atoms with van der Waals surface area (Å²) in [4.78, 5) is 27.0. The molecule has 0 aromatic heterocycles. The summed E-state index contributed by atoms with van der Waals surface area (Å²) >= 11 is 0. The van der Waals surface area contributed by atoms with Crippen LogP contribution in [0.5, 0.6) is 0 Å². The molecule has 0 aliphatic carbocycles. The minimum absolute atomic E-state index is 0.103. The zero-order chi connectivity index (χ0) is 15.0. The van der Waals surface area contributed by atoms with E-state index >= 15 is 0 Å². The van der Waals surface area contributed by atoms with Crippen LogP contribution in [0.1, 0.15) is 33.6 Å². The van der Waals surface area contributed by atoms with Crippen molar-refractivity contribution in [3.63, 3.8) is 0 Å². The number of urea groups is 1. The number of hydrogen-bond donors (Lipinski definition) is 2. The van der Waals surface area contributed by atoms with E-state index in [1.165, 1.54) is 4.90 Å². The summed E-state index contributed by atoms with van der Waals surface area (Å²) in [5.41, 5.74) is 0. The number of piperidine rings is 1. The Kier molecular flexibility index (Phi) is 4.22. The summed E-state index contributed by atoms with van der Waals surface area (Å²) in [5.74, 6) is -0.222. The average Bonchev–Trinajstić information content (AvgIpc) is 2.75. The number of likely N-dealkylation sites (tertiary alicyclic amines) is 2. The number of hydrogen-bond acceptors (Lipinski definition) is 3. The number of nitrogens with zero attached hydrogens (tertiary/aromatic N) is 2. The van der Waals surface area contributed by atoms with E-state index in [2.05, 4.69) is 13.8 Å². The SMILES string of the molecule is CC1CC(C)C(C)N(C(=O)N2C[C@H](O)C[C@@H]2C(=O)O)C1. The summed E-state index contributed by atoms with van der Waals surface area (Å²) in [7, 11) is 0. The Morgan fingerprint density at radius 1 is 1.05 bits per heavy atom. The largest absolute Gasteiger partial charge is 0.480 e. The maximum atomic E-state index is 12.6. The highest BCUT2D eigenvalue weighted by molar-refractivity contribution is 5.83. The van der Waals surface area contributed by atoms with Gasteiger partial charge in [0.05, 0.1) is 6.10 Å². The van der Waals surface area contributed by atoms with E-state index in [0.29, 0.717) is 18.4 Å². The van der Waals surface area contributed by atoms with Gasteiger partial charge >= 0.3 is 12.0 Å². The van der Waals surface area contributed by atoms with Crippen LogP contribution in [0.2, 0.25) is 0 Å². The minimum Gasteiger partial charge on any atom is -0.480 e. The molecular weight excluding hydrogens is 260 g/mol. The van der Waals surface area contributed by atoms with E-state index < -0.39 is 18.1 Å². The molecule has 0 spiro atoms. The lowest BCUT2D eigenvalue weighted by Gasteiger charge is -2.43. The van der Waals surface area contributed by atoms with Crippen LogP contribution in [0.15, 0.2) is 0 Å². The smallest absolute Gasteiger partial charge is 0.326 e. The number of carbonyl (C=O) groups is 2. The average molecular weight is 284 g/mol. The predicted octanol–water partition coefficient (Wildman–Crippen LogP) is 0.993. The Morgan fingerprint density at radius 3 is 2.30 bits per heavy atom. The van der Waals surface area contributed by atoms with Gasteiger partial charge in [0.1, 0.15) is 6.04 Å². The van der Waals surface area contributed by atoms with E-state index in [4.69, 9.17) is 0 Å². The van der Waals surface area contributed by atoms with Gasteiger partial charge in [-0.05, 0) is 25.2 Å². The Morgan fingerprint density at radius 2 is 1.70 bits per heavy atom. The number of carbonyl (C=O) groups excluding carboxylic acids is 1. The summed E-state index contributed by atoms with van der Waals surface area (Å²) in [6, 6.07) is -1.05. The van der Waals surface area contributed by atoms with Crippen molar-refractivity contribution in [2.75, 3.05) is 13.1 Å². The first-order valence-electron chi connectivity index (χ1n) is 7.29. The number of aliphatic hydroxyl groups is 1. The monoisotopic (exact) mass is 284 g/mol. The highest BCUT2D eigenvalue weighted by atomic mass is 16.4. The number of rotatable bonds is 1. The fourth-order valence-electron chi connectivity index (χ4n) is 3.39. The molecule has 2 saturated heterocycles. The molecule has 6 nitrogen and oxygen atoms in total. The van der Waals surface area contributed by atoms with Crippen LogP contribution >= 0.6 is 0 Å². The molecule has 3 unspecified atom stereocenters. The number of carboxylic acids is 1. The maximum Gasteiger partial charge on any atom is 0.326 e. The number of aliphatic hydroxyl groups excluding tert-OH is 1. The zero-order valence-electron chi connectivity index (χ0n) is 12.3. The molecule has 2 fully saturated rings. The molecule has 2 rings (SSSR count). The molecule has 2 heterocycles. The van der Waals surface area contributed by atoms with Crippen LogP contribution in [0.25, 0.3) is 0 Å². The molecule has 20 heavy (non-hydrogen) atoms. The first kappa shape index (κ1) is 15.1. The lowest BCUT2D eigenvalue weighted by Crippen LogP contribution is -2.55. The summed E-state index contributed by atoms with van der Waals surface area (Å²) in [6.07, 6.45) is 0.458. The van der Waals surface area contributed by atoms with E-state index in [0.717, 1.165) is 6.42 Å². The third-order valence-electron chi connectivity index (χ3n) is 4.65. The fourth-order valence-corrected chi connectivity index (χ4v) is 3.39. The topological polar surface area (TPSA) is 81.1 Å². The Bertz CT molecular complexity index is 401. The second-order valence-electron chi connectivity index (χ2n) is 6.39. The van der Waals surface area contributed by atoms with Crippen LogP contribution in [0, 0.1) is 11.8 Å². The van der Waals surface area contributed by atoms with Crippen molar-refractivity contribution in [2.24, 2.45) is 11.8 Å². The normalized spacial score (nSPS) is 38.1. The number of carboxylic acid groups (broad SMARTS) is 1. The Labute approximate surface area is 119 Å². The molecule has 2 N–H and O–H groups in total. The molecule has 5 atom stereocenters. The molecule has 0 saturated carbocycles. The van der Waals surface area contributed by atoms with E-state index in [1.807, 2.05) is 6.92 Å². The van der Waals surface area contributed by atoms with E-state index in [-0.39, 0.29) is 25.0 Å². The van der Waals surface area contributed by atoms with Gasteiger partial charge in [0.15, 0.2) is 0 Å². The fraction of sp³-hybridized carbons (Fsp3) is 0.857. The lowest BCUT2D eigenvalue weighted by molar-refractivity contribution is -0.141. The van der Waals surface area contributed by atoms with Crippen molar-refractivity contribution in [1.29, 1.82) is 0 Å². The molecule has 2 aliphatic rings. The molecule has 2 amide bonds. The van der Waals surface area contributed by atoms with Gasteiger partial charge in [0, 0.05) is 25.6 Å². The van der Waals surface area contributed by atoms with Crippen LogP contribution in [-0.2, 0) is 4.79 Å². The lowest BCUT2D eigenvalue weighted by atomic mass is 9.86. The van der Waals surface area contributed by atoms with Crippen LogP contribution in [0.3, 0.4) is 0 Å². The first-order valence-corrected chi connectivity index (χ1v) is 7.29. The van der Waals surface area contributed by atoms with Crippen molar-refractivity contribution in [3.8, 4) is 0 Å². The maximum absolute atomic E-state index is 12.6. The van der Waals surface area contributed by atoms with Crippen molar-refractivity contribution < 1.29 is 19.8 Å². The molecule has 0 bridgehead atoms. The second-order valence-corrected chi connectivity index (χ2v) is 6.39. The predicted molar refractivity (Wildman–Crippen MR) is 73.3 cm³/mol. The number of aliphatic carboxylic acids is 1. The van der Waals surface area contributed by atoms with Crippen LogP contribution in [0.4, 0.5) is 4.79 Å². The molecule has 0 aromatic carbocycles. The van der Waals surface area contributed by atoms with Gasteiger partial charge in [0.2, 0.25) is 0 Å². The highest BCUT2D eigenvalue weighted by Gasteiger charge is 2.43. The van der Waals surface area contributed by atoms with Gasteiger partial charge in [-0.2, -0.15) is 0 Å². The first-order chi connectivity index (χ1) is 9.31. The molecule has 2 aliphatic heterocycles. The Hall–Kier alpha value is -1.30. The summed E-state index contributed by atoms with van der Waals surface area (Å²) in [6.45, 7) is 7.01. The van der Waals surface area contributed by atoms with Crippen molar-refractivity contribution in [3.05, 3.63) is 0 Å². The third-order valence-corrected chi connectivity index (χ3v) is 4.65.